The fourth-order valence-corrected chi connectivity index (χ4v) is 3.14. The first kappa shape index (κ1) is 27.4. The summed E-state index contributed by atoms with van der Waals surface area (Å²) in [6.07, 6.45) is 3.59. The molecule has 0 saturated heterocycles. The summed E-state index contributed by atoms with van der Waals surface area (Å²) in [5.74, 6) is -2.81. The number of nitrogens with zero attached hydrogens (tertiary/aromatic N) is 2. The third-order valence-corrected chi connectivity index (χ3v) is 4.96. The Morgan fingerprint density at radius 3 is 1.36 bits per heavy atom. The number of carbonyl (C=O) groups excluding carboxylic acids is 4. The molecule has 2 amide bonds. The van der Waals surface area contributed by atoms with Gasteiger partial charge in [0.2, 0.25) is 0 Å². The molecule has 0 spiro atoms. The summed E-state index contributed by atoms with van der Waals surface area (Å²) in [6, 6.07) is 14.1. The lowest BCUT2D eigenvalue weighted by atomic mass is 9.98. The van der Waals surface area contributed by atoms with Gasteiger partial charge in [0.05, 0.1) is 0 Å². The van der Waals surface area contributed by atoms with E-state index in [-0.39, 0.29) is 34.6 Å². The van der Waals surface area contributed by atoms with Crippen molar-refractivity contribution in [3.8, 4) is 0 Å². The van der Waals surface area contributed by atoms with E-state index in [1.807, 2.05) is 12.1 Å². The van der Waals surface area contributed by atoms with Gasteiger partial charge in [-0.05, 0) is 62.1 Å². The zero-order valence-corrected chi connectivity index (χ0v) is 20.0. The fraction of sp³-hybridized carbons (Fsp3) is 0.154. The predicted molar refractivity (Wildman–Crippen MR) is 138 cm³/mol. The quantitative estimate of drug-likeness (QED) is 0.175. The molecule has 2 aromatic carbocycles. The summed E-state index contributed by atoms with van der Waals surface area (Å²) in [5, 5.41) is 0. The SMILES string of the molecule is C/C(=C\C(=O)c1cccc(CCc2cccc(C(=O)/C=C(\C)C(=O)N=C(N)N)c2)c1)C(=O)N=C(N)N. The number of aryl methyl sites for hydroxylation is 2. The van der Waals surface area contributed by atoms with Crippen LogP contribution in [0.15, 0.2) is 81.8 Å². The zero-order chi connectivity index (χ0) is 26.8. The Kier molecular flexibility index (Phi) is 9.55. The maximum atomic E-state index is 12.6. The van der Waals surface area contributed by atoms with E-state index < -0.39 is 11.8 Å². The van der Waals surface area contributed by atoms with Crippen LogP contribution >= 0.6 is 0 Å². The predicted octanol–water partition coefficient (Wildman–Crippen LogP) is 1.33. The van der Waals surface area contributed by atoms with Crippen molar-refractivity contribution in [2.45, 2.75) is 26.7 Å². The molecular weight excluding hydrogens is 460 g/mol. The van der Waals surface area contributed by atoms with Crippen molar-refractivity contribution in [2.24, 2.45) is 32.9 Å². The molecule has 10 heteroatoms. The highest BCUT2D eigenvalue weighted by Gasteiger charge is 2.11. The van der Waals surface area contributed by atoms with E-state index in [4.69, 9.17) is 22.9 Å². The van der Waals surface area contributed by atoms with E-state index in [2.05, 4.69) is 9.98 Å². The fourth-order valence-electron chi connectivity index (χ4n) is 3.14. The molecule has 0 bridgehead atoms. The van der Waals surface area contributed by atoms with Gasteiger partial charge < -0.3 is 22.9 Å². The number of carbonyl (C=O) groups is 4. The normalized spacial score (nSPS) is 11.4. The number of hydrogen-bond acceptors (Lipinski definition) is 4. The Morgan fingerprint density at radius 1 is 0.667 bits per heavy atom. The molecule has 0 aliphatic heterocycles. The Morgan fingerprint density at radius 2 is 1.03 bits per heavy atom. The van der Waals surface area contributed by atoms with Gasteiger partial charge in [0.25, 0.3) is 11.8 Å². The second kappa shape index (κ2) is 12.6. The maximum Gasteiger partial charge on any atom is 0.275 e. The van der Waals surface area contributed by atoms with Crippen LogP contribution in [0.3, 0.4) is 0 Å². The van der Waals surface area contributed by atoms with Crippen molar-refractivity contribution < 1.29 is 19.2 Å². The van der Waals surface area contributed by atoms with E-state index >= 15 is 0 Å². The number of hydrogen-bond donors (Lipinski definition) is 4. The van der Waals surface area contributed by atoms with Gasteiger partial charge in [-0.3, -0.25) is 19.2 Å². The van der Waals surface area contributed by atoms with Gasteiger partial charge in [-0.25, -0.2) is 0 Å². The summed E-state index contributed by atoms with van der Waals surface area (Å²) < 4.78 is 0. The van der Waals surface area contributed by atoms with Crippen LogP contribution in [0.2, 0.25) is 0 Å². The maximum absolute atomic E-state index is 12.6. The summed E-state index contributed by atoms with van der Waals surface area (Å²) in [4.78, 5) is 55.6. The molecular formula is C26H28N6O4. The molecule has 2 rings (SSSR count). The van der Waals surface area contributed by atoms with Crippen molar-refractivity contribution in [2.75, 3.05) is 0 Å². The minimum Gasteiger partial charge on any atom is -0.370 e. The van der Waals surface area contributed by atoms with Gasteiger partial charge in [0.1, 0.15) is 0 Å². The highest BCUT2D eigenvalue weighted by molar-refractivity contribution is 6.11. The lowest BCUT2D eigenvalue weighted by molar-refractivity contribution is -0.115. The molecule has 0 unspecified atom stereocenters. The van der Waals surface area contributed by atoms with Crippen molar-refractivity contribution in [1.82, 2.24) is 0 Å². The van der Waals surface area contributed by atoms with Crippen molar-refractivity contribution in [3.63, 3.8) is 0 Å². The van der Waals surface area contributed by atoms with Crippen LogP contribution in [-0.2, 0) is 22.4 Å². The summed E-state index contributed by atoms with van der Waals surface area (Å²) >= 11 is 0. The van der Waals surface area contributed by atoms with Crippen LogP contribution in [-0.4, -0.2) is 35.3 Å². The Bertz CT molecular complexity index is 1210. The zero-order valence-electron chi connectivity index (χ0n) is 20.0. The molecule has 0 saturated carbocycles. The van der Waals surface area contributed by atoms with E-state index in [1.165, 1.54) is 26.0 Å². The Labute approximate surface area is 208 Å². The number of benzene rings is 2. The molecule has 186 valence electrons. The third kappa shape index (κ3) is 8.49. The number of nitrogens with two attached hydrogens (primary N) is 4. The number of aliphatic imine (C=N–C) groups is 2. The van der Waals surface area contributed by atoms with Gasteiger partial charge in [0, 0.05) is 22.3 Å². The Hall–Kier alpha value is -4.86. The smallest absolute Gasteiger partial charge is 0.275 e. The minimum absolute atomic E-state index is 0.115. The lowest BCUT2D eigenvalue weighted by Gasteiger charge is -2.06. The molecule has 0 atom stereocenters. The van der Waals surface area contributed by atoms with Crippen LogP contribution < -0.4 is 22.9 Å². The first-order valence-corrected chi connectivity index (χ1v) is 10.9. The molecule has 0 aliphatic rings. The van der Waals surface area contributed by atoms with Crippen LogP contribution in [0.25, 0.3) is 0 Å². The van der Waals surface area contributed by atoms with Crippen molar-refractivity contribution in [1.29, 1.82) is 0 Å². The largest absolute Gasteiger partial charge is 0.370 e. The van der Waals surface area contributed by atoms with Crippen LogP contribution in [0.1, 0.15) is 45.7 Å². The van der Waals surface area contributed by atoms with Crippen LogP contribution in [0.5, 0.6) is 0 Å². The number of rotatable bonds is 9. The average Bonchev–Trinajstić information content (AvgIpc) is 2.82. The highest BCUT2D eigenvalue weighted by Crippen LogP contribution is 2.14. The van der Waals surface area contributed by atoms with Gasteiger partial charge in [-0.2, -0.15) is 9.98 Å². The second-order valence-corrected chi connectivity index (χ2v) is 7.97. The number of amides is 2. The molecule has 0 fully saturated rings. The molecule has 0 aliphatic carbocycles. The topological polar surface area (TPSA) is 197 Å². The summed E-state index contributed by atoms with van der Waals surface area (Å²) in [6.45, 7) is 2.91. The first-order valence-electron chi connectivity index (χ1n) is 10.9. The lowest BCUT2D eigenvalue weighted by Crippen LogP contribution is -2.24. The third-order valence-electron chi connectivity index (χ3n) is 4.96. The minimum atomic E-state index is -0.681. The summed E-state index contributed by atoms with van der Waals surface area (Å²) in [7, 11) is 0. The van der Waals surface area contributed by atoms with Crippen molar-refractivity contribution in [3.05, 3.63) is 94.1 Å². The van der Waals surface area contributed by atoms with E-state index in [0.717, 1.165) is 11.1 Å². The first-order chi connectivity index (χ1) is 17.0. The molecule has 2 aromatic rings. The Balaban J connectivity index is 2.11. The van der Waals surface area contributed by atoms with Crippen LogP contribution in [0, 0.1) is 0 Å². The van der Waals surface area contributed by atoms with Gasteiger partial charge in [0.15, 0.2) is 23.5 Å². The number of guanidine groups is 2. The number of ketones is 2. The number of allylic oxidation sites excluding steroid dienone is 2. The summed E-state index contributed by atoms with van der Waals surface area (Å²) in [5.41, 5.74) is 23.6. The van der Waals surface area contributed by atoms with Crippen molar-refractivity contribution >= 4 is 35.3 Å². The van der Waals surface area contributed by atoms with Gasteiger partial charge in [-0.15, -0.1) is 0 Å². The average molecular weight is 489 g/mol. The monoisotopic (exact) mass is 488 g/mol. The van der Waals surface area contributed by atoms with Crippen LogP contribution in [0.4, 0.5) is 0 Å². The molecule has 0 aromatic heterocycles. The molecule has 0 heterocycles. The van der Waals surface area contributed by atoms with E-state index in [1.54, 1.807) is 36.4 Å². The van der Waals surface area contributed by atoms with Gasteiger partial charge in [-0.1, -0.05) is 36.4 Å². The molecule has 0 radical (unpaired) electrons. The molecule has 10 nitrogen and oxygen atoms in total. The van der Waals surface area contributed by atoms with E-state index in [9.17, 15) is 19.2 Å². The standard InChI is InChI=1S/C26H28N6O4/c1-15(23(35)31-25(27)28)11-21(33)19-7-3-5-17(13-19)9-10-18-6-4-8-20(14-18)22(34)12-16(2)24(36)32-26(29)30/h3-8,11-14H,9-10H2,1-2H3,(H4,27,28,31,35)(H4,29,30,32,36)/b15-11+,16-12+. The molecule has 36 heavy (non-hydrogen) atoms. The van der Waals surface area contributed by atoms with Gasteiger partial charge >= 0.3 is 0 Å². The molecule has 8 N–H and O–H groups in total. The second-order valence-electron chi connectivity index (χ2n) is 7.97. The van der Waals surface area contributed by atoms with E-state index in [0.29, 0.717) is 24.0 Å². The highest BCUT2D eigenvalue weighted by atomic mass is 16.2.